The highest BCUT2D eigenvalue weighted by atomic mass is 32.1. The van der Waals surface area contributed by atoms with Crippen molar-refractivity contribution in [2.24, 2.45) is 0 Å². The molecule has 1 amide bonds. The molecule has 0 spiro atoms. The van der Waals surface area contributed by atoms with Crippen LogP contribution in [0.5, 0.6) is 0 Å². The molecule has 1 rings (SSSR count). The van der Waals surface area contributed by atoms with Crippen LogP contribution in [0.2, 0.25) is 0 Å². The van der Waals surface area contributed by atoms with Gasteiger partial charge in [0.05, 0.1) is 11.2 Å². The van der Waals surface area contributed by atoms with Gasteiger partial charge in [0.15, 0.2) is 0 Å². The fraction of sp³-hybridized carbons (Fsp3) is 0.500. The van der Waals surface area contributed by atoms with Crippen LogP contribution in [0, 0.1) is 0 Å². The third kappa shape index (κ3) is 3.00. The lowest BCUT2D eigenvalue weighted by Gasteiger charge is -2.00. The van der Waals surface area contributed by atoms with Gasteiger partial charge in [-0.25, -0.2) is 4.98 Å². The Kier molecular flexibility index (Phi) is 3.73. The fourth-order valence-electron chi connectivity index (χ4n) is 0.816. The van der Waals surface area contributed by atoms with Gasteiger partial charge >= 0.3 is 0 Å². The molecular weight excluding hydrogens is 172 g/mol. The first-order valence-corrected chi connectivity index (χ1v) is 4.91. The summed E-state index contributed by atoms with van der Waals surface area (Å²) in [6, 6.07) is 0. The van der Waals surface area contributed by atoms with E-state index in [4.69, 9.17) is 0 Å². The van der Waals surface area contributed by atoms with Gasteiger partial charge in [-0.1, -0.05) is 6.92 Å². The molecule has 0 atom stereocenters. The number of aromatic nitrogens is 1. The molecule has 0 radical (unpaired) electrons. The van der Waals surface area contributed by atoms with Gasteiger partial charge in [0.2, 0.25) is 5.91 Å². The monoisotopic (exact) mass is 184 g/mol. The number of hydrogen-bond acceptors (Lipinski definition) is 3. The normalized spacial score (nSPS) is 9.75. The van der Waals surface area contributed by atoms with Crippen LogP contribution in [-0.2, 0) is 11.2 Å². The maximum Gasteiger partial charge on any atom is 0.219 e. The lowest BCUT2D eigenvalue weighted by atomic mass is 10.3. The number of thiazole rings is 1. The van der Waals surface area contributed by atoms with E-state index in [2.05, 4.69) is 10.3 Å². The Bertz CT molecular complexity index is 233. The number of carbonyl (C=O) groups is 1. The molecule has 12 heavy (non-hydrogen) atoms. The summed E-state index contributed by atoms with van der Waals surface area (Å²) in [7, 11) is 0. The number of carbonyl (C=O) groups excluding carboxylic acids is 1. The van der Waals surface area contributed by atoms with Gasteiger partial charge in [-0.15, -0.1) is 11.3 Å². The molecule has 1 aromatic rings. The lowest BCUT2D eigenvalue weighted by Crippen LogP contribution is -2.24. The minimum absolute atomic E-state index is 0.102. The molecule has 1 N–H and O–H groups in total. The zero-order chi connectivity index (χ0) is 8.81. The van der Waals surface area contributed by atoms with E-state index in [0.717, 1.165) is 12.1 Å². The van der Waals surface area contributed by atoms with E-state index < -0.39 is 0 Å². The Morgan fingerprint density at radius 2 is 2.58 bits per heavy atom. The number of nitrogens with one attached hydrogen (secondary N) is 1. The van der Waals surface area contributed by atoms with Gasteiger partial charge in [-0.2, -0.15) is 0 Å². The maximum atomic E-state index is 10.8. The van der Waals surface area contributed by atoms with E-state index in [9.17, 15) is 4.79 Å². The van der Waals surface area contributed by atoms with Crippen molar-refractivity contribution in [3.63, 3.8) is 0 Å². The number of nitrogens with zero attached hydrogens (tertiary/aromatic N) is 1. The quantitative estimate of drug-likeness (QED) is 0.764. The van der Waals surface area contributed by atoms with Gasteiger partial charge in [0, 0.05) is 24.8 Å². The largest absolute Gasteiger partial charge is 0.356 e. The summed E-state index contributed by atoms with van der Waals surface area (Å²) in [6.45, 7) is 2.54. The highest BCUT2D eigenvalue weighted by Gasteiger charge is 1.97. The molecule has 0 aliphatic rings. The summed E-state index contributed by atoms with van der Waals surface area (Å²) in [5.41, 5.74) is 2.85. The Morgan fingerprint density at radius 1 is 1.75 bits per heavy atom. The number of amides is 1. The molecule has 0 aliphatic heterocycles. The molecule has 0 unspecified atom stereocenters. The second-order valence-corrected chi connectivity index (χ2v) is 3.15. The zero-order valence-electron chi connectivity index (χ0n) is 7.04. The average Bonchev–Trinajstić information content (AvgIpc) is 2.57. The average molecular weight is 184 g/mol. The molecule has 0 saturated carbocycles. The summed E-state index contributed by atoms with van der Waals surface area (Å²) in [5.74, 6) is 0.102. The van der Waals surface area contributed by atoms with Crippen molar-refractivity contribution in [2.75, 3.05) is 6.54 Å². The van der Waals surface area contributed by atoms with Crippen LogP contribution in [0.1, 0.15) is 19.0 Å². The van der Waals surface area contributed by atoms with Crippen molar-refractivity contribution >= 4 is 17.2 Å². The van der Waals surface area contributed by atoms with Crippen molar-refractivity contribution in [3.8, 4) is 0 Å². The van der Waals surface area contributed by atoms with Crippen molar-refractivity contribution in [2.45, 2.75) is 19.8 Å². The molecule has 0 bridgehead atoms. The first-order valence-electron chi connectivity index (χ1n) is 3.96. The molecule has 1 aromatic heterocycles. The lowest BCUT2D eigenvalue weighted by molar-refractivity contribution is -0.120. The molecule has 3 nitrogen and oxygen atoms in total. The Morgan fingerprint density at radius 3 is 3.17 bits per heavy atom. The minimum Gasteiger partial charge on any atom is -0.356 e. The van der Waals surface area contributed by atoms with Crippen LogP contribution in [0.4, 0.5) is 0 Å². The predicted molar refractivity (Wildman–Crippen MR) is 49.1 cm³/mol. The summed E-state index contributed by atoms with van der Waals surface area (Å²) < 4.78 is 0. The maximum absolute atomic E-state index is 10.8. The third-order valence-electron chi connectivity index (χ3n) is 1.51. The zero-order valence-corrected chi connectivity index (χ0v) is 7.86. The summed E-state index contributed by atoms with van der Waals surface area (Å²) in [5, 5.41) is 4.79. The van der Waals surface area contributed by atoms with Gasteiger partial charge in [-0.3, -0.25) is 4.79 Å². The van der Waals surface area contributed by atoms with Crippen molar-refractivity contribution < 1.29 is 4.79 Å². The van der Waals surface area contributed by atoms with E-state index in [-0.39, 0.29) is 5.91 Å². The van der Waals surface area contributed by atoms with E-state index in [1.807, 2.05) is 12.3 Å². The summed E-state index contributed by atoms with van der Waals surface area (Å²) in [4.78, 5) is 14.9. The molecule has 1 heterocycles. The molecule has 0 aromatic carbocycles. The van der Waals surface area contributed by atoms with Gasteiger partial charge in [0.1, 0.15) is 0 Å². The Labute approximate surface area is 75.8 Å². The molecule has 4 heteroatoms. The highest BCUT2D eigenvalue weighted by molar-refractivity contribution is 7.07. The molecule has 0 saturated heterocycles. The van der Waals surface area contributed by atoms with E-state index in [1.54, 1.807) is 16.8 Å². The van der Waals surface area contributed by atoms with Crippen LogP contribution in [0.15, 0.2) is 10.9 Å². The van der Waals surface area contributed by atoms with Gasteiger partial charge < -0.3 is 5.32 Å². The van der Waals surface area contributed by atoms with Crippen LogP contribution in [-0.4, -0.2) is 17.4 Å². The van der Waals surface area contributed by atoms with Gasteiger partial charge in [-0.05, 0) is 0 Å². The van der Waals surface area contributed by atoms with Crippen molar-refractivity contribution in [3.05, 3.63) is 16.6 Å². The number of hydrogen-bond donors (Lipinski definition) is 1. The standard InChI is InChI=1S/C8H12N2OS/c1-2-8(11)9-4-3-7-5-12-6-10-7/h5-6H,2-4H2,1H3,(H,9,11). The third-order valence-corrected chi connectivity index (χ3v) is 2.14. The van der Waals surface area contributed by atoms with Gasteiger partial charge in [0.25, 0.3) is 0 Å². The smallest absolute Gasteiger partial charge is 0.219 e. The van der Waals surface area contributed by atoms with Crippen LogP contribution < -0.4 is 5.32 Å². The first-order chi connectivity index (χ1) is 5.83. The minimum atomic E-state index is 0.102. The SMILES string of the molecule is CCC(=O)NCCc1cscn1. The molecule has 0 fully saturated rings. The second kappa shape index (κ2) is 4.87. The second-order valence-electron chi connectivity index (χ2n) is 2.43. The highest BCUT2D eigenvalue weighted by Crippen LogP contribution is 2.00. The topological polar surface area (TPSA) is 42.0 Å². The van der Waals surface area contributed by atoms with E-state index in [0.29, 0.717) is 13.0 Å². The van der Waals surface area contributed by atoms with Crippen molar-refractivity contribution in [1.29, 1.82) is 0 Å². The predicted octanol–water partition coefficient (Wildman–Crippen LogP) is 1.21. The molecule has 0 aliphatic carbocycles. The van der Waals surface area contributed by atoms with Crippen LogP contribution >= 0.6 is 11.3 Å². The first kappa shape index (κ1) is 9.19. The summed E-state index contributed by atoms with van der Waals surface area (Å²) in [6.07, 6.45) is 1.38. The van der Waals surface area contributed by atoms with Crippen molar-refractivity contribution in [1.82, 2.24) is 10.3 Å². The van der Waals surface area contributed by atoms with E-state index in [1.165, 1.54) is 0 Å². The van der Waals surface area contributed by atoms with E-state index >= 15 is 0 Å². The summed E-state index contributed by atoms with van der Waals surface area (Å²) >= 11 is 1.58. The molecular formula is C8H12N2OS. The Balaban J connectivity index is 2.15. The van der Waals surface area contributed by atoms with Crippen LogP contribution in [0.25, 0.3) is 0 Å². The number of rotatable bonds is 4. The van der Waals surface area contributed by atoms with Crippen LogP contribution in [0.3, 0.4) is 0 Å². The fourth-order valence-corrected chi connectivity index (χ4v) is 1.41. The Hall–Kier alpha value is -0.900. The molecule has 66 valence electrons.